The van der Waals surface area contributed by atoms with Gasteiger partial charge in [-0.2, -0.15) is 0 Å². The Kier molecular flexibility index (Phi) is 8.15. The molecule has 1 aromatic heterocycles. The summed E-state index contributed by atoms with van der Waals surface area (Å²) in [7, 11) is 2.27. The Labute approximate surface area is 242 Å². The van der Waals surface area contributed by atoms with Gasteiger partial charge in [-0.25, -0.2) is 9.97 Å². The van der Waals surface area contributed by atoms with Gasteiger partial charge in [-0.1, -0.05) is 24.9 Å². The first-order valence-corrected chi connectivity index (χ1v) is 14.8. The summed E-state index contributed by atoms with van der Waals surface area (Å²) in [6.07, 6.45) is 6.11. The molecule has 0 unspecified atom stereocenters. The molecule has 3 fully saturated rings. The Morgan fingerprint density at radius 1 is 1.25 bits per heavy atom. The van der Waals surface area contributed by atoms with Crippen LogP contribution in [-0.4, -0.2) is 70.7 Å². The van der Waals surface area contributed by atoms with Gasteiger partial charge in [-0.05, 0) is 78.1 Å². The maximum Gasteiger partial charge on any atom is 0.163 e. The lowest BCUT2D eigenvalue weighted by Crippen LogP contribution is -2.66. The summed E-state index contributed by atoms with van der Waals surface area (Å²) in [5, 5.41) is 10.6. The first kappa shape index (κ1) is 28.8. The summed E-state index contributed by atoms with van der Waals surface area (Å²) < 4.78 is 5.86. The predicted molar refractivity (Wildman–Crippen MR) is 160 cm³/mol. The molecule has 3 N–H and O–H groups in total. The van der Waals surface area contributed by atoms with Gasteiger partial charge in [-0.3, -0.25) is 4.79 Å². The zero-order valence-corrected chi connectivity index (χ0v) is 25.1. The molecule has 216 valence electrons. The molecular weight excluding hydrogens is 526 g/mol. The van der Waals surface area contributed by atoms with Gasteiger partial charge >= 0.3 is 0 Å². The van der Waals surface area contributed by atoms with Crippen molar-refractivity contribution in [3.8, 4) is 17.1 Å². The van der Waals surface area contributed by atoms with E-state index >= 15 is 0 Å². The van der Waals surface area contributed by atoms with Crippen LogP contribution in [0.2, 0.25) is 5.02 Å². The smallest absolute Gasteiger partial charge is 0.163 e. The standard InChI is InChI=1S/C31H42ClN5O3/c1-6-7-23(39)15-40-24-10-11-26(32)25(12-24)29-34-28(27(19(3)33)20(4)38)18(2)30(35-29)37-16-31(17-37)13-22(14-31)36(5)21-8-9-21/h10-12,21-23,39H,6-9,13-17,33H2,1-5H3/t23-/m1/s1. The molecule has 1 spiro atoms. The monoisotopic (exact) mass is 567 g/mol. The third kappa shape index (κ3) is 5.71. The van der Waals surface area contributed by atoms with Crippen LogP contribution in [0.3, 0.4) is 0 Å². The van der Waals surface area contributed by atoms with Crippen molar-refractivity contribution < 1.29 is 14.6 Å². The van der Waals surface area contributed by atoms with Crippen molar-refractivity contribution in [2.24, 2.45) is 11.1 Å². The molecule has 2 heterocycles. The molecule has 0 radical (unpaired) electrons. The van der Waals surface area contributed by atoms with E-state index in [0.717, 1.165) is 36.9 Å². The molecule has 1 atom stereocenters. The highest BCUT2D eigenvalue weighted by molar-refractivity contribution is 6.33. The number of aliphatic hydroxyl groups is 1. The highest BCUT2D eigenvalue weighted by Gasteiger charge is 2.55. The lowest BCUT2D eigenvalue weighted by atomic mass is 9.60. The summed E-state index contributed by atoms with van der Waals surface area (Å²) in [6, 6.07) is 6.78. The van der Waals surface area contributed by atoms with E-state index < -0.39 is 6.10 Å². The number of rotatable bonds is 11. The highest BCUT2D eigenvalue weighted by atomic mass is 35.5. The van der Waals surface area contributed by atoms with Gasteiger partial charge in [0.2, 0.25) is 0 Å². The van der Waals surface area contributed by atoms with Crippen molar-refractivity contribution in [3.05, 3.63) is 40.2 Å². The number of benzene rings is 1. The lowest BCUT2D eigenvalue weighted by molar-refractivity contribution is -0.111. The summed E-state index contributed by atoms with van der Waals surface area (Å²) >= 11 is 6.67. The van der Waals surface area contributed by atoms with E-state index in [4.69, 9.17) is 32.0 Å². The fourth-order valence-corrected chi connectivity index (χ4v) is 6.56. The van der Waals surface area contributed by atoms with Gasteiger partial charge in [-0.15, -0.1) is 0 Å². The Bertz CT molecular complexity index is 1310. The summed E-state index contributed by atoms with van der Waals surface area (Å²) in [5.41, 5.74) is 9.34. The third-order valence-corrected chi connectivity index (χ3v) is 9.06. The summed E-state index contributed by atoms with van der Waals surface area (Å²) in [4.78, 5) is 27.4. The Balaban J connectivity index is 1.46. The topological polar surface area (TPSA) is 105 Å². The molecule has 1 saturated heterocycles. The number of ketones is 1. The number of carbonyl (C=O) groups excluding carboxylic acids is 1. The minimum absolute atomic E-state index is 0.142. The van der Waals surface area contributed by atoms with E-state index in [1.165, 1.54) is 32.6 Å². The number of ether oxygens (including phenoxy) is 1. The van der Waals surface area contributed by atoms with Crippen LogP contribution in [0.15, 0.2) is 23.9 Å². The quantitative estimate of drug-likeness (QED) is 0.366. The fraction of sp³-hybridized carbons (Fsp3) is 0.581. The number of hydrogen-bond donors (Lipinski definition) is 2. The lowest BCUT2D eigenvalue weighted by Gasteiger charge is -2.61. The minimum Gasteiger partial charge on any atom is -0.491 e. The van der Waals surface area contributed by atoms with Crippen LogP contribution in [0.25, 0.3) is 17.0 Å². The van der Waals surface area contributed by atoms with Gasteiger partial charge in [0.25, 0.3) is 0 Å². The second-order valence-corrected chi connectivity index (χ2v) is 12.6. The van der Waals surface area contributed by atoms with Crippen LogP contribution < -0.4 is 15.4 Å². The molecule has 2 aromatic rings. The SMILES string of the molecule is CCC[C@@H](O)COc1ccc(Cl)c(-c2nc(C(C(C)=O)=C(C)N)c(C)c(N3CC4(CC(N(C)C5CC5)C4)C3)n2)c1. The van der Waals surface area contributed by atoms with E-state index in [2.05, 4.69) is 16.8 Å². The van der Waals surface area contributed by atoms with E-state index in [-0.39, 0.29) is 12.4 Å². The zero-order chi connectivity index (χ0) is 28.8. The third-order valence-electron chi connectivity index (χ3n) is 8.73. The number of nitrogens with zero attached hydrogens (tertiary/aromatic N) is 4. The molecule has 3 aliphatic rings. The molecule has 8 nitrogen and oxygen atoms in total. The molecule has 0 amide bonds. The molecular formula is C31H42ClN5O3. The van der Waals surface area contributed by atoms with E-state index in [1.807, 2.05) is 13.8 Å². The number of anilines is 1. The van der Waals surface area contributed by atoms with Crippen LogP contribution >= 0.6 is 11.6 Å². The number of aliphatic hydroxyl groups excluding tert-OH is 1. The van der Waals surface area contributed by atoms with Crippen LogP contribution in [0.1, 0.15) is 70.6 Å². The first-order valence-electron chi connectivity index (χ1n) is 14.5. The first-order chi connectivity index (χ1) is 19.0. The average molecular weight is 568 g/mol. The van der Waals surface area contributed by atoms with Crippen molar-refractivity contribution >= 4 is 28.8 Å². The Morgan fingerprint density at radius 2 is 1.95 bits per heavy atom. The number of carbonyl (C=O) groups is 1. The fourth-order valence-electron chi connectivity index (χ4n) is 6.36. The number of hydrogen-bond acceptors (Lipinski definition) is 8. The van der Waals surface area contributed by atoms with Gasteiger partial charge < -0.3 is 25.4 Å². The van der Waals surface area contributed by atoms with E-state index in [1.54, 1.807) is 25.1 Å². The number of allylic oxidation sites excluding steroid dienone is 2. The molecule has 5 rings (SSSR count). The summed E-state index contributed by atoms with van der Waals surface area (Å²) in [6.45, 7) is 9.29. The maximum atomic E-state index is 12.7. The zero-order valence-electron chi connectivity index (χ0n) is 24.3. The Hall–Kier alpha value is -2.68. The van der Waals surface area contributed by atoms with Crippen molar-refractivity contribution in [3.63, 3.8) is 0 Å². The predicted octanol–water partition coefficient (Wildman–Crippen LogP) is 4.99. The van der Waals surface area contributed by atoms with Crippen LogP contribution in [0, 0.1) is 12.3 Å². The second kappa shape index (κ2) is 11.3. The number of halogens is 1. The molecule has 0 bridgehead atoms. The van der Waals surface area contributed by atoms with E-state index in [9.17, 15) is 9.90 Å². The molecule has 2 saturated carbocycles. The van der Waals surface area contributed by atoms with E-state index in [0.29, 0.717) is 57.0 Å². The normalized spacial score (nSPS) is 19.8. The maximum absolute atomic E-state index is 12.7. The summed E-state index contributed by atoms with van der Waals surface area (Å²) in [5.74, 6) is 1.66. The second-order valence-electron chi connectivity index (χ2n) is 12.2. The molecule has 1 aromatic carbocycles. The minimum atomic E-state index is -0.539. The van der Waals surface area contributed by atoms with Gasteiger partial charge in [0.1, 0.15) is 18.2 Å². The molecule has 2 aliphatic carbocycles. The van der Waals surface area contributed by atoms with Crippen LogP contribution in [-0.2, 0) is 4.79 Å². The molecule has 40 heavy (non-hydrogen) atoms. The van der Waals surface area contributed by atoms with Crippen molar-refractivity contribution in [2.75, 3.05) is 31.6 Å². The van der Waals surface area contributed by atoms with Crippen LogP contribution in [0.5, 0.6) is 5.75 Å². The average Bonchev–Trinajstić information content (AvgIpc) is 3.69. The number of aromatic nitrogens is 2. The Morgan fingerprint density at radius 3 is 2.55 bits per heavy atom. The molecule has 9 heteroatoms. The van der Waals surface area contributed by atoms with Gasteiger partial charge in [0.05, 0.1) is 22.4 Å². The largest absolute Gasteiger partial charge is 0.491 e. The number of nitrogens with two attached hydrogens (primary N) is 1. The van der Waals surface area contributed by atoms with Crippen molar-refractivity contribution in [1.82, 2.24) is 14.9 Å². The van der Waals surface area contributed by atoms with Crippen molar-refractivity contribution in [2.45, 2.75) is 84.4 Å². The van der Waals surface area contributed by atoms with Crippen LogP contribution in [0.4, 0.5) is 5.82 Å². The highest BCUT2D eigenvalue weighted by Crippen LogP contribution is 2.53. The van der Waals surface area contributed by atoms with Crippen molar-refractivity contribution in [1.29, 1.82) is 0 Å². The molecule has 1 aliphatic heterocycles. The van der Waals surface area contributed by atoms with Gasteiger partial charge in [0.15, 0.2) is 11.6 Å². The number of Topliss-reactive ketones (excluding diaryl/α,β-unsaturated/α-hetero) is 1. The van der Waals surface area contributed by atoms with Gasteiger partial charge in [0, 0.05) is 47.4 Å².